The Morgan fingerprint density at radius 2 is 2.04 bits per heavy atom. The summed E-state index contributed by atoms with van der Waals surface area (Å²) in [7, 11) is 3.03. The highest BCUT2D eigenvalue weighted by Crippen LogP contribution is 2.27. The molecule has 2 aromatic rings. The minimum absolute atomic E-state index is 0.0297. The summed E-state index contributed by atoms with van der Waals surface area (Å²) < 4.78 is 5.12. The van der Waals surface area contributed by atoms with Crippen LogP contribution in [0.2, 0.25) is 5.02 Å². The number of hydrogen-bond acceptors (Lipinski definition) is 5. The second-order valence-corrected chi connectivity index (χ2v) is 6.18. The van der Waals surface area contributed by atoms with E-state index in [1.54, 1.807) is 31.4 Å². The maximum atomic E-state index is 12.2. The molecule has 0 aromatic heterocycles. The van der Waals surface area contributed by atoms with E-state index >= 15 is 0 Å². The van der Waals surface area contributed by atoms with Crippen molar-refractivity contribution < 1.29 is 19.2 Å². The number of anilines is 1. The molecule has 2 aromatic carbocycles. The van der Waals surface area contributed by atoms with Crippen LogP contribution in [0.4, 0.5) is 11.4 Å². The molecular formula is C19H18ClN3O5. The Morgan fingerprint density at radius 1 is 1.29 bits per heavy atom. The monoisotopic (exact) mass is 403 g/mol. The van der Waals surface area contributed by atoms with Gasteiger partial charge in [-0.25, -0.2) is 0 Å². The Labute approximate surface area is 166 Å². The first-order valence-electron chi connectivity index (χ1n) is 8.11. The maximum absolute atomic E-state index is 12.2. The summed E-state index contributed by atoms with van der Waals surface area (Å²) in [5.41, 5.74) is 0.679. The van der Waals surface area contributed by atoms with Crippen molar-refractivity contribution in [2.45, 2.75) is 0 Å². The smallest absolute Gasteiger partial charge is 0.289 e. The van der Waals surface area contributed by atoms with Crippen molar-refractivity contribution in [2.75, 3.05) is 26.0 Å². The zero-order valence-corrected chi connectivity index (χ0v) is 16.0. The second kappa shape index (κ2) is 9.52. The van der Waals surface area contributed by atoms with Crippen molar-refractivity contribution in [3.63, 3.8) is 0 Å². The van der Waals surface area contributed by atoms with Crippen LogP contribution in [0.25, 0.3) is 6.08 Å². The number of likely N-dealkylation sites (N-methyl/N-ethyl adjacent to an activating group) is 1. The highest BCUT2D eigenvalue weighted by atomic mass is 35.5. The molecule has 0 aliphatic carbocycles. The number of rotatable bonds is 7. The van der Waals surface area contributed by atoms with Gasteiger partial charge in [-0.1, -0.05) is 23.7 Å². The van der Waals surface area contributed by atoms with Crippen LogP contribution in [0.5, 0.6) is 5.75 Å². The SMILES string of the molecule is COc1cccc(/C=C/C(=O)N(C)CC(=O)Nc2ccc(Cl)c([N+](=O)[O-])c2)c1. The topological polar surface area (TPSA) is 102 Å². The van der Waals surface area contributed by atoms with E-state index in [2.05, 4.69) is 5.32 Å². The lowest BCUT2D eigenvalue weighted by molar-refractivity contribution is -0.384. The molecule has 146 valence electrons. The fraction of sp³-hybridized carbons (Fsp3) is 0.158. The van der Waals surface area contributed by atoms with Gasteiger partial charge in [0.05, 0.1) is 18.6 Å². The summed E-state index contributed by atoms with van der Waals surface area (Å²) in [6, 6.07) is 11.1. The van der Waals surface area contributed by atoms with Gasteiger partial charge in [0.2, 0.25) is 11.8 Å². The molecule has 28 heavy (non-hydrogen) atoms. The van der Waals surface area contributed by atoms with Gasteiger partial charge in [0.15, 0.2) is 0 Å². The summed E-state index contributed by atoms with van der Waals surface area (Å²) in [6.07, 6.45) is 2.96. The number of nitrogens with zero attached hydrogens (tertiary/aromatic N) is 2. The zero-order valence-electron chi connectivity index (χ0n) is 15.2. The molecule has 0 aliphatic rings. The number of carbonyl (C=O) groups is 2. The lowest BCUT2D eigenvalue weighted by atomic mass is 10.2. The van der Waals surface area contributed by atoms with Gasteiger partial charge in [0, 0.05) is 24.9 Å². The van der Waals surface area contributed by atoms with Crippen molar-refractivity contribution in [3.8, 4) is 5.75 Å². The van der Waals surface area contributed by atoms with Crippen molar-refractivity contribution in [1.82, 2.24) is 4.90 Å². The molecular weight excluding hydrogens is 386 g/mol. The van der Waals surface area contributed by atoms with Gasteiger partial charge in [-0.15, -0.1) is 0 Å². The molecule has 0 unspecified atom stereocenters. The van der Waals surface area contributed by atoms with Crippen molar-refractivity contribution in [1.29, 1.82) is 0 Å². The number of nitro benzene ring substituents is 1. The Hall–Kier alpha value is -3.39. The van der Waals surface area contributed by atoms with E-state index in [0.717, 1.165) is 11.6 Å². The van der Waals surface area contributed by atoms with Crippen LogP contribution in [-0.2, 0) is 9.59 Å². The Bertz CT molecular complexity index is 930. The van der Waals surface area contributed by atoms with Crippen LogP contribution in [0, 0.1) is 10.1 Å². The van der Waals surface area contributed by atoms with E-state index in [4.69, 9.17) is 16.3 Å². The molecule has 0 bridgehead atoms. The fourth-order valence-corrected chi connectivity index (χ4v) is 2.45. The van der Waals surface area contributed by atoms with E-state index in [0.29, 0.717) is 5.75 Å². The third kappa shape index (κ3) is 5.82. The number of carbonyl (C=O) groups excluding carboxylic acids is 2. The first kappa shape index (κ1) is 20.9. The van der Waals surface area contributed by atoms with Crippen LogP contribution in [0.3, 0.4) is 0 Å². The largest absolute Gasteiger partial charge is 0.497 e. The van der Waals surface area contributed by atoms with E-state index < -0.39 is 10.8 Å². The molecule has 1 N–H and O–H groups in total. The molecule has 2 amide bonds. The molecule has 0 spiro atoms. The normalized spacial score (nSPS) is 10.5. The molecule has 2 rings (SSSR count). The van der Waals surface area contributed by atoms with Crippen LogP contribution in [0.1, 0.15) is 5.56 Å². The standard InChI is InChI=1S/C19H18ClN3O5/c1-22(19(25)9-6-13-4-3-5-15(10-13)28-2)12-18(24)21-14-7-8-16(20)17(11-14)23(26)27/h3-11H,12H2,1-2H3,(H,21,24)/b9-6+. The highest BCUT2D eigenvalue weighted by molar-refractivity contribution is 6.32. The predicted octanol–water partition coefficient (Wildman–Crippen LogP) is 3.37. The number of hydrogen-bond donors (Lipinski definition) is 1. The number of ether oxygens (including phenoxy) is 1. The van der Waals surface area contributed by atoms with Gasteiger partial charge in [-0.2, -0.15) is 0 Å². The second-order valence-electron chi connectivity index (χ2n) is 5.78. The third-order valence-corrected chi connectivity index (χ3v) is 4.02. The summed E-state index contributed by atoms with van der Waals surface area (Å²) in [4.78, 5) is 35.7. The van der Waals surface area contributed by atoms with Crippen LogP contribution in [-0.4, -0.2) is 42.3 Å². The fourth-order valence-electron chi connectivity index (χ4n) is 2.26. The molecule has 8 nitrogen and oxygen atoms in total. The van der Waals surface area contributed by atoms with E-state index in [1.165, 1.54) is 30.2 Å². The molecule has 0 atom stereocenters. The highest BCUT2D eigenvalue weighted by Gasteiger charge is 2.15. The molecule has 0 aliphatic heterocycles. The molecule has 9 heteroatoms. The molecule has 0 heterocycles. The van der Waals surface area contributed by atoms with Gasteiger partial charge in [0.1, 0.15) is 10.8 Å². The Kier molecular flexibility index (Phi) is 7.11. The summed E-state index contributed by atoms with van der Waals surface area (Å²) in [6.45, 7) is -0.224. The van der Waals surface area contributed by atoms with Gasteiger partial charge in [-0.05, 0) is 35.9 Å². The first-order valence-corrected chi connectivity index (χ1v) is 8.49. The number of amides is 2. The molecule has 0 saturated carbocycles. The summed E-state index contributed by atoms with van der Waals surface area (Å²) in [5.74, 6) is -0.207. The van der Waals surface area contributed by atoms with Crippen molar-refractivity contribution in [2.24, 2.45) is 0 Å². The number of benzene rings is 2. The Morgan fingerprint density at radius 3 is 2.71 bits per heavy atom. The van der Waals surface area contributed by atoms with Gasteiger partial charge >= 0.3 is 0 Å². The van der Waals surface area contributed by atoms with E-state index in [-0.39, 0.29) is 28.8 Å². The van der Waals surface area contributed by atoms with Gasteiger partial charge < -0.3 is 15.0 Å². The Balaban J connectivity index is 1.96. The minimum atomic E-state index is -0.642. The van der Waals surface area contributed by atoms with E-state index in [9.17, 15) is 19.7 Å². The number of nitrogens with one attached hydrogen (secondary N) is 1. The minimum Gasteiger partial charge on any atom is -0.497 e. The van der Waals surface area contributed by atoms with Crippen molar-refractivity contribution >= 4 is 40.9 Å². The zero-order chi connectivity index (χ0) is 20.7. The van der Waals surface area contributed by atoms with E-state index in [1.807, 2.05) is 6.07 Å². The molecule has 0 fully saturated rings. The van der Waals surface area contributed by atoms with Gasteiger partial charge in [-0.3, -0.25) is 19.7 Å². The number of nitro groups is 1. The lowest BCUT2D eigenvalue weighted by Gasteiger charge is -2.15. The number of halogens is 1. The average molecular weight is 404 g/mol. The third-order valence-electron chi connectivity index (χ3n) is 3.70. The van der Waals surface area contributed by atoms with Crippen molar-refractivity contribution in [3.05, 3.63) is 69.2 Å². The first-order chi connectivity index (χ1) is 13.3. The lowest BCUT2D eigenvalue weighted by Crippen LogP contribution is -2.33. The molecule has 0 saturated heterocycles. The van der Waals surface area contributed by atoms with Crippen LogP contribution in [0.15, 0.2) is 48.5 Å². The quantitative estimate of drug-likeness (QED) is 0.434. The average Bonchev–Trinajstić information content (AvgIpc) is 2.67. The predicted molar refractivity (Wildman–Crippen MR) is 106 cm³/mol. The van der Waals surface area contributed by atoms with Gasteiger partial charge in [0.25, 0.3) is 5.69 Å². The maximum Gasteiger partial charge on any atom is 0.289 e. The summed E-state index contributed by atoms with van der Waals surface area (Å²) in [5, 5.41) is 13.4. The van der Waals surface area contributed by atoms with Crippen LogP contribution >= 0.6 is 11.6 Å². The van der Waals surface area contributed by atoms with Crippen LogP contribution < -0.4 is 10.1 Å². The molecule has 0 radical (unpaired) electrons. The summed E-state index contributed by atoms with van der Waals surface area (Å²) >= 11 is 5.74. The number of methoxy groups -OCH3 is 1.